The zero-order chi connectivity index (χ0) is 18.7. The van der Waals surface area contributed by atoms with Gasteiger partial charge in [-0.05, 0) is 32.0 Å². The van der Waals surface area contributed by atoms with Crippen molar-refractivity contribution in [2.45, 2.75) is 20.4 Å². The molecule has 0 saturated carbocycles. The lowest BCUT2D eigenvalue weighted by Crippen LogP contribution is -2.30. The number of thiophene rings is 1. The summed E-state index contributed by atoms with van der Waals surface area (Å²) >= 11 is 1.26. The summed E-state index contributed by atoms with van der Waals surface area (Å²) in [7, 11) is 0. The highest BCUT2D eigenvalue weighted by molar-refractivity contribution is 7.16. The fourth-order valence-corrected chi connectivity index (χ4v) is 3.31. The van der Waals surface area contributed by atoms with Crippen LogP contribution in [-0.4, -0.2) is 33.5 Å². The second kappa shape index (κ2) is 7.44. The highest BCUT2D eigenvalue weighted by Crippen LogP contribution is 2.28. The van der Waals surface area contributed by atoms with Crippen molar-refractivity contribution in [1.29, 1.82) is 0 Å². The maximum atomic E-state index is 12.4. The van der Waals surface area contributed by atoms with Gasteiger partial charge in [0.1, 0.15) is 17.1 Å². The summed E-state index contributed by atoms with van der Waals surface area (Å²) in [4.78, 5) is 37.5. The van der Waals surface area contributed by atoms with Crippen LogP contribution < -0.4 is 10.9 Å². The van der Waals surface area contributed by atoms with Crippen molar-refractivity contribution in [2.24, 2.45) is 0 Å². The minimum Gasteiger partial charge on any atom is -0.462 e. The maximum Gasteiger partial charge on any atom is 0.341 e. The number of aryl methyl sites for hydroxylation is 1. The number of ether oxygens (including phenoxy) is 1. The van der Waals surface area contributed by atoms with Gasteiger partial charge in [0.25, 0.3) is 5.56 Å². The average Bonchev–Trinajstić information content (AvgIpc) is 2.98. The van der Waals surface area contributed by atoms with Crippen molar-refractivity contribution in [3.8, 4) is 0 Å². The maximum absolute atomic E-state index is 12.4. The molecule has 0 saturated heterocycles. The van der Waals surface area contributed by atoms with Gasteiger partial charge in [-0.1, -0.05) is 17.3 Å². The third kappa shape index (κ3) is 3.62. The molecule has 0 radical (unpaired) electrons. The molecule has 1 amide bonds. The molecule has 0 bridgehead atoms. The molecule has 0 spiro atoms. The molecule has 0 atom stereocenters. The van der Waals surface area contributed by atoms with Crippen molar-refractivity contribution in [1.82, 2.24) is 15.0 Å². The smallest absolute Gasteiger partial charge is 0.341 e. The highest BCUT2D eigenvalue weighted by atomic mass is 32.1. The first-order chi connectivity index (χ1) is 12.5. The van der Waals surface area contributed by atoms with Crippen LogP contribution in [0.3, 0.4) is 0 Å². The molecule has 134 valence electrons. The molecule has 1 N–H and O–H groups in total. The summed E-state index contributed by atoms with van der Waals surface area (Å²) in [6.07, 6.45) is 0. The molecule has 0 fully saturated rings. The van der Waals surface area contributed by atoms with E-state index in [4.69, 9.17) is 4.74 Å². The Morgan fingerprint density at radius 1 is 1.31 bits per heavy atom. The van der Waals surface area contributed by atoms with Crippen LogP contribution in [0.1, 0.15) is 22.2 Å². The van der Waals surface area contributed by atoms with Gasteiger partial charge in [0, 0.05) is 4.88 Å². The predicted molar refractivity (Wildman–Crippen MR) is 97.4 cm³/mol. The van der Waals surface area contributed by atoms with Crippen LogP contribution in [0.25, 0.3) is 10.9 Å². The molecule has 8 nitrogen and oxygen atoms in total. The third-order valence-electron chi connectivity index (χ3n) is 3.53. The Labute approximate surface area is 152 Å². The number of nitrogens with one attached hydrogen (secondary N) is 1. The second-order valence-corrected chi connectivity index (χ2v) is 6.69. The topological polar surface area (TPSA) is 103 Å². The number of hydrogen-bond donors (Lipinski definition) is 1. The zero-order valence-electron chi connectivity index (χ0n) is 14.2. The monoisotopic (exact) mass is 372 g/mol. The number of carbonyl (C=O) groups excluding carboxylic acids is 2. The van der Waals surface area contributed by atoms with E-state index in [2.05, 4.69) is 15.6 Å². The summed E-state index contributed by atoms with van der Waals surface area (Å²) in [5.41, 5.74) is 0.353. The van der Waals surface area contributed by atoms with Gasteiger partial charge in [0.15, 0.2) is 0 Å². The van der Waals surface area contributed by atoms with Crippen molar-refractivity contribution in [3.05, 3.63) is 51.1 Å². The number of hydrogen-bond acceptors (Lipinski definition) is 7. The molecule has 0 aliphatic carbocycles. The molecule has 3 rings (SSSR count). The van der Waals surface area contributed by atoms with E-state index in [1.54, 1.807) is 37.3 Å². The first kappa shape index (κ1) is 17.7. The van der Waals surface area contributed by atoms with E-state index in [0.29, 0.717) is 21.5 Å². The first-order valence-corrected chi connectivity index (χ1v) is 8.71. The Balaban J connectivity index is 1.81. The largest absolute Gasteiger partial charge is 0.462 e. The van der Waals surface area contributed by atoms with Crippen molar-refractivity contribution in [3.63, 3.8) is 0 Å². The lowest BCUT2D eigenvalue weighted by molar-refractivity contribution is -0.117. The number of fused-ring (bicyclic) bond motifs is 1. The van der Waals surface area contributed by atoms with Crippen LogP contribution in [0, 0.1) is 6.92 Å². The molecule has 1 aromatic carbocycles. The molecular weight excluding hydrogens is 356 g/mol. The SMILES string of the molecule is CCOC(=O)c1cc(C)sc1NC(=O)Cn1nnc2ccccc2c1=O. The lowest BCUT2D eigenvalue weighted by atomic mass is 10.2. The van der Waals surface area contributed by atoms with Crippen molar-refractivity contribution >= 4 is 39.1 Å². The van der Waals surface area contributed by atoms with E-state index < -0.39 is 17.4 Å². The third-order valence-corrected chi connectivity index (χ3v) is 4.49. The minimum atomic E-state index is -0.505. The van der Waals surface area contributed by atoms with E-state index in [-0.39, 0.29) is 13.2 Å². The Kier molecular flexibility index (Phi) is 5.08. The fraction of sp³-hybridized carbons (Fsp3) is 0.235. The highest BCUT2D eigenvalue weighted by Gasteiger charge is 2.18. The molecule has 0 aliphatic rings. The summed E-state index contributed by atoms with van der Waals surface area (Å²) in [6, 6.07) is 8.43. The Hall–Kier alpha value is -3.07. The van der Waals surface area contributed by atoms with E-state index in [9.17, 15) is 14.4 Å². The molecule has 3 aromatic rings. The number of carbonyl (C=O) groups is 2. The molecule has 0 aliphatic heterocycles. The van der Waals surface area contributed by atoms with Gasteiger partial charge in [-0.2, -0.15) is 0 Å². The zero-order valence-corrected chi connectivity index (χ0v) is 15.0. The van der Waals surface area contributed by atoms with E-state index >= 15 is 0 Å². The lowest BCUT2D eigenvalue weighted by Gasteiger charge is -2.07. The van der Waals surface area contributed by atoms with Crippen LogP contribution in [0.2, 0.25) is 0 Å². The fourth-order valence-electron chi connectivity index (χ4n) is 2.40. The number of anilines is 1. The normalized spacial score (nSPS) is 10.7. The number of nitrogens with zero attached hydrogens (tertiary/aromatic N) is 3. The molecule has 26 heavy (non-hydrogen) atoms. The minimum absolute atomic E-state index is 0.239. The van der Waals surface area contributed by atoms with Crippen LogP contribution in [0.5, 0.6) is 0 Å². The average molecular weight is 372 g/mol. The molecule has 0 unspecified atom stereocenters. The molecular formula is C17H16N4O4S. The number of rotatable bonds is 5. The van der Waals surface area contributed by atoms with Crippen LogP contribution in [-0.2, 0) is 16.1 Å². The van der Waals surface area contributed by atoms with E-state index in [1.807, 2.05) is 6.92 Å². The molecule has 2 heterocycles. The number of benzene rings is 1. The van der Waals surface area contributed by atoms with Crippen LogP contribution >= 0.6 is 11.3 Å². The van der Waals surface area contributed by atoms with Gasteiger partial charge in [-0.3, -0.25) is 9.59 Å². The van der Waals surface area contributed by atoms with Gasteiger partial charge in [0.05, 0.1) is 17.6 Å². The summed E-state index contributed by atoms with van der Waals surface area (Å²) in [6.45, 7) is 3.46. The summed E-state index contributed by atoms with van der Waals surface area (Å²) < 4.78 is 5.98. The van der Waals surface area contributed by atoms with E-state index in [1.165, 1.54) is 11.3 Å². The number of amides is 1. The number of aromatic nitrogens is 3. The van der Waals surface area contributed by atoms with Gasteiger partial charge in [0.2, 0.25) is 5.91 Å². The van der Waals surface area contributed by atoms with Gasteiger partial charge in [-0.15, -0.1) is 16.4 Å². The Morgan fingerprint density at radius 3 is 2.85 bits per heavy atom. The standard InChI is InChI=1S/C17H16N4O4S/c1-3-25-17(24)12-8-10(2)26-15(12)18-14(22)9-21-16(23)11-6-4-5-7-13(11)19-20-21/h4-8H,3,9H2,1-2H3,(H,18,22). The van der Waals surface area contributed by atoms with Gasteiger partial charge < -0.3 is 10.1 Å². The number of esters is 1. The molecule has 9 heteroatoms. The Morgan fingerprint density at radius 2 is 2.08 bits per heavy atom. The van der Waals surface area contributed by atoms with Crippen molar-refractivity contribution in [2.75, 3.05) is 11.9 Å². The van der Waals surface area contributed by atoms with Crippen LogP contribution in [0.4, 0.5) is 5.00 Å². The second-order valence-electron chi connectivity index (χ2n) is 5.44. The van der Waals surface area contributed by atoms with E-state index in [0.717, 1.165) is 9.56 Å². The molecule has 2 aromatic heterocycles. The van der Waals surface area contributed by atoms with Gasteiger partial charge in [-0.25, -0.2) is 9.48 Å². The van der Waals surface area contributed by atoms with Crippen LogP contribution in [0.15, 0.2) is 35.1 Å². The first-order valence-electron chi connectivity index (χ1n) is 7.89. The summed E-state index contributed by atoms with van der Waals surface area (Å²) in [5.74, 6) is -0.987. The quantitative estimate of drug-likeness (QED) is 0.687. The predicted octanol–water partition coefficient (Wildman–Crippen LogP) is 1.98. The van der Waals surface area contributed by atoms with Gasteiger partial charge >= 0.3 is 5.97 Å². The summed E-state index contributed by atoms with van der Waals surface area (Å²) in [5, 5.41) is 11.1. The Bertz CT molecular complexity index is 1040. The van der Waals surface area contributed by atoms with Crippen molar-refractivity contribution < 1.29 is 14.3 Å².